The SMILES string of the molecule is O=C1COc2ccc(Nc3nc(Nc4cccc(-c5ncco5)c4)ncc3F)cc2N1. The zero-order valence-corrected chi connectivity index (χ0v) is 15.9. The number of aromatic nitrogens is 3. The van der Waals surface area contributed by atoms with Gasteiger partial charge in [-0.05, 0) is 36.4 Å². The molecule has 0 fully saturated rings. The minimum Gasteiger partial charge on any atom is -0.482 e. The number of rotatable bonds is 5. The molecule has 0 radical (unpaired) electrons. The smallest absolute Gasteiger partial charge is 0.262 e. The summed E-state index contributed by atoms with van der Waals surface area (Å²) in [4.78, 5) is 23.8. The molecule has 4 aromatic rings. The molecule has 2 aromatic carbocycles. The van der Waals surface area contributed by atoms with Crippen LogP contribution in [0.2, 0.25) is 0 Å². The maximum Gasteiger partial charge on any atom is 0.262 e. The minimum atomic E-state index is -0.628. The van der Waals surface area contributed by atoms with Gasteiger partial charge in [-0.3, -0.25) is 4.79 Å². The Hall–Kier alpha value is -4.47. The van der Waals surface area contributed by atoms with Gasteiger partial charge >= 0.3 is 0 Å². The average Bonchev–Trinajstić information content (AvgIpc) is 3.31. The van der Waals surface area contributed by atoms with Gasteiger partial charge in [-0.25, -0.2) is 14.4 Å². The number of anilines is 5. The minimum absolute atomic E-state index is 0.0237. The molecule has 5 rings (SSSR count). The number of benzene rings is 2. The van der Waals surface area contributed by atoms with Crippen LogP contribution in [-0.2, 0) is 4.79 Å². The number of amides is 1. The summed E-state index contributed by atoms with van der Waals surface area (Å²) in [5.41, 5.74) is 2.48. The summed E-state index contributed by atoms with van der Waals surface area (Å²) in [6.45, 7) is -0.0352. The molecule has 9 nitrogen and oxygen atoms in total. The summed E-state index contributed by atoms with van der Waals surface area (Å²) >= 11 is 0. The van der Waals surface area contributed by atoms with Crippen LogP contribution in [0.5, 0.6) is 5.75 Å². The predicted octanol–water partition coefficient (Wildman–Crippen LogP) is 4.09. The van der Waals surface area contributed by atoms with Crippen molar-refractivity contribution >= 4 is 34.7 Å². The van der Waals surface area contributed by atoms with Gasteiger partial charge in [0.2, 0.25) is 11.8 Å². The number of hydrogen-bond donors (Lipinski definition) is 3. The summed E-state index contributed by atoms with van der Waals surface area (Å²) < 4.78 is 24.9. The number of halogens is 1. The third-order valence-corrected chi connectivity index (χ3v) is 4.42. The Morgan fingerprint density at radius 1 is 1.06 bits per heavy atom. The van der Waals surface area contributed by atoms with Gasteiger partial charge in [0.25, 0.3) is 5.91 Å². The first kappa shape index (κ1) is 18.6. The number of nitrogens with zero attached hydrogens (tertiary/aromatic N) is 3. The van der Waals surface area contributed by atoms with Gasteiger partial charge in [-0.15, -0.1) is 0 Å². The lowest BCUT2D eigenvalue weighted by molar-refractivity contribution is -0.118. The van der Waals surface area contributed by atoms with Crippen LogP contribution in [0.15, 0.2) is 65.5 Å². The Balaban J connectivity index is 1.37. The Labute approximate surface area is 175 Å². The second kappa shape index (κ2) is 7.75. The highest BCUT2D eigenvalue weighted by Crippen LogP contribution is 2.32. The molecule has 0 saturated carbocycles. The third kappa shape index (κ3) is 3.99. The summed E-state index contributed by atoms with van der Waals surface area (Å²) in [6.07, 6.45) is 4.13. The fraction of sp³-hybridized carbons (Fsp3) is 0.0476. The molecule has 0 saturated heterocycles. The molecule has 1 aliphatic rings. The van der Waals surface area contributed by atoms with Crippen molar-refractivity contribution in [1.29, 1.82) is 0 Å². The van der Waals surface area contributed by atoms with Gasteiger partial charge in [0.1, 0.15) is 12.0 Å². The zero-order chi connectivity index (χ0) is 21.2. The quantitative estimate of drug-likeness (QED) is 0.444. The predicted molar refractivity (Wildman–Crippen MR) is 111 cm³/mol. The van der Waals surface area contributed by atoms with Crippen molar-refractivity contribution in [2.45, 2.75) is 0 Å². The molecule has 0 unspecified atom stereocenters. The molecule has 3 heterocycles. The molecule has 1 aliphatic heterocycles. The van der Waals surface area contributed by atoms with Crippen molar-refractivity contribution in [3.63, 3.8) is 0 Å². The first-order valence-electron chi connectivity index (χ1n) is 9.27. The van der Waals surface area contributed by atoms with Gasteiger partial charge in [-0.2, -0.15) is 4.98 Å². The number of oxazole rings is 1. The Bertz CT molecular complexity index is 1260. The number of nitrogens with one attached hydrogen (secondary N) is 3. The fourth-order valence-electron chi connectivity index (χ4n) is 3.04. The summed E-state index contributed by atoms with van der Waals surface area (Å²) in [7, 11) is 0. The Kier molecular flexibility index (Phi) is 4.64. The lowest BCUT2D eigenvalue weighted by Gasteiger charge is -2.19. The van der Waals surface area contributed by atoms with E-state index >= 15 is 0 Å². The normalized spacial score (nSPS) is 12.5. The van der Waals surface area contributed by atoms with E-state index in [9.17, 15) is 9.18 Å². The van der Waals surface area contributed by atoms with Crippen LogP contribution >= 0.6 is 0 Å². The van der Waals surface area contributed by atoms with E-state index in [0.717, 1.165) is 11.8 Å². The standard InChI is InChI=1S/C21H15FN6O3/c22-15-10-24-21(26-13-3-1-2-12(8-13)20-23-6-7-30-20)28-19(15)25-14-4-5-17-16(9-14)27-18(29)11-31-17/h1-10H,11H2,(H,27,29)(H2,24,25,26,28). The van der Waals surface area contributed by atoms with E-state index < -0.39 is 5.82 Å². The van der Waals surface area contributed by atoms with Crippen LogP contribution in [0.1, 0.15) is 0 Å². The second-order valence-corrected chi connectivity index (χ2v) is 6.61. The van der Waals surface area contributed by atoms with E-state index in [0.29, 0.717) is 28.7 Å². The first-order valence-corrected chi connectivity index (χ1v) is 9.27. The molecule has 10 heteroatoms. The molecule has 0 bridgehead atoms. The van der Waals surface area contributed by atoms with E-state index in [1.165, 1.54) is 6.26 Å². The molecule has 154 valence electrons. The van der Waals surface area contributed by atoms with Gasteiger partial charge < -0.3 is 25.1 Å². The highest BCUT2D eigenvalue weighted by atomic mass is 19.1. The van der Waals surface area contributed by atoms with Crippen molar-refractivity contribution in [1.82, 2.24) is 15.0 Å². The molecule has 0 spiro atoms. The lowest BCUT2D eigenvalue weighted by atomic mass is 10.2. The number of hydrogen-bond acceptors (Lipinski definition) is 8. The average molecular weight is 418 g/mol. The number of carbonyl (C=O) groups is 1. The number of carbonyl (C=O) groups excluding carboxylic acids is 1. The van der Waals surface area contributed by atoms with E-state index in [-0.39, 0.29) is 24.3 Å². The van der Waals surface area contributed by atoms with E-state index in [1.807, 2.05) is 24.3 Å². The largest absolute Gasteiger partial charge is 0.482 e. The van der Waals surface area contributed by atoms with Crippen LogP contribution < -0.4 is 20.7 Å². The van der Waals surface area contributed by atoms with E-state index in [2.05, 4.69) is 30.9 Å². The van der Waals surface area contributed by atoms with Gasteiger partial charge in [0.05, 0.1) is 18.1 Å². The van der Waals surface area contributed by atoms with Crippen LogP contribution in [-0.4, -0.2) is 27.5 Å². The molecule has 3 N–H and O–H groups in total. The lowest BCUT2D eigenvalue weighted by Crippen LogP contribution is -2.25. The van der Waals surface area contributed by atoms with Crippen molar-refractivity contribution in [3.8, 4) is 17.2 Å². The van der Waals surface area contributed by atoms with Crippen molar-refractivity contribution < 1.29 is 18.3 Å². The van der Waals surface area contributed by atoms with Crippen LogP contribution in [0.3, 0.4) is 0 Å². The summed E-state index contributed by atoms with van der Waals surface area (Å²) in [5.74, 6) is 0.317. The van der Waals surface area contributed by atoms with Gasteiger partial charge in [-0.1, -0.05) is 6.07 Å². The molecule has 0 aliphatic carbocycles. The molecule has 0 atom stereocenters. The Morgan fingerprint density at radius 3 is 2.84 bits per heavy atom. The topological polar surface area (TPSA) is 114 Å². The van der Waals surface area contributed by atoms with E-state index in [4.69, 9.17) is 9.15 Å². The van der Waals surface area contributed by atoms with E-state index in [1.54, 1.807) is 24.4 Å². The summed E-state index contributed by atoms with van der Waals surface area (Å²) in [6, 6.07) is 12.3. The van der Waals surface area contributed by atoms with Crippen LogP contribution in [0.25, 0.3) is 11.5 Å². The first-order chi connectivity index (χ1) is 15.1. The monoisotopic (exact) mass is 418 g/mol. The molecule has 31 heavy (non-hydrogen) atoms. The maximum absolute atomic E-state index is 14.3. The van der Waals surface area contributed by atoms with Crippen LogP contribution in [0.4, 0.5) is 33.2 Å². The highest BCUT2D eigenvalue weighted by Gasteiger charge is 2.17. The highest BCUT2D eigenvalue weighted by molar-refractivity contribution is 5.96. The van der Waals surface area contributed by atoms with Gasteiger partial charge in [0.15, 0.2) is 18.2 Å². The van der Waals surface area contributed by atoms with Crippen molar-refractivity contribution in [3.05, 3.63) is 66.9 Å². The molecule has 1 amide bonds. The third-order valence-electron chi connectivity index (χ3n) is 4.42. The van der Waals surface area contributed by atoms with Gasteiger partial charge in [0, 0.05) is 16.9 Å². The molecule has 2 aromatic heterocycles. The van der Waals surface area contributed by atoms with Crippen molar-refractivity contribution in [2.75, 3.05) is 22.6 Å². The Morgan fingerprint density at radius 2 is 1.97 bits per heavy atom. The second-order valence-electron chi connectivity index (χ2n) is 6.61. The zero-order valence-electron chi connectivity index (χ0n) is 15.9. The van der Waals surface area contributed by atoms with Crippen molar-refractivity contribution in [2.24, 2.45) is 0 Å². The molecular formula is C21H15FN6O3. The number of fused-ring (bicyclic) bond motifs is 1. The number of ether oxygens (including phenoxy) is 1. The summed E-state index contributed by atoms with van der Waals surface area (Å²) in [5, 5.41) is 8.65. The fourth-order valence-corrected chi connectivity index (χ4v) is 3.04. The molecular weight excluding hydrogens is 403 g/mol. The maximum atomic E-state index is 14.3. The van der Waals surface area contributed by atoms with Crippen LogP contribution in [0, 0.1) is 5.82 Å².